The predicted octanol–water partition coefficient (Wildman–Crippen LogP) is 6.61. The number of ether oxygens (including phenoxy) is 1. The fourth-order valence-corrected chi connectivity index (χ4v) is 4.44. The van der Waals surface area contributed by atoms with Gasteiger partial charge in [0.1, 0.15) is 5.75 Å². The molecule has 1 aliphatic heterocycles. The van der Waals surface area contributed by atoms with Crippen molar-refractivity contribution in [2.75, 3.05) is 5.32 Å². The van der Waals surface area contributed by atoms with Crippen molar-refractivity contribution in [1.29, 1.82) is 0 Å². The predicted molar refractivity (Wildman–Crippen MR) is 105 cm³/mol. The van der Waals surface area contributed by atoms with Gasteiger partial charge in [-0.2, -0.15) is 0 Å². The first-order valence-electron chi connectivity index (χ1n) is 8.73. The minimum atomic E-state index is 0.107. The van der Waals surface area contributed by atoms with E-state index in [9.17, 15) is 0 Å². The van der Waals surface area contributed by atoms with Gasteiger partial charge in [0.15, 0.2) is 0 Å². The Morgan fingerprint density at radius 1 is 1.08 bits per heavy atom. The summed E-state index contributed by atoms with van der Waals surface area (Å²) in [5.74, 6) is 1.69. The molecular weight excluding hydrogens is 353 g/mol. The molecule has 0 bridgehead atoms. The number of anilines is 1. The van der Waals surface area contributed by atoms with Crippen LogP contribution in [-0.4, -0.2) is 6.10 Å². The number of para-hydroxylation sites is 1. The molecule has 1 N–H and O–H groups in total. The zero-order valence-corrected chi connectivity index (χ0v) is 15.8. The fourth-order valence-electron chi connectivity index (χ4n) is 4.01. The lowest BCUT2D eigenvalue weighted by Gasteiger charge is -2.38. The van der Waals surface area contributed by atoms with E-state index in [1.54, 1.807) is 0 Å². The zero-order chi connectivity index (χ0) is 17.6. The van der Waals surface area contributed by atoms with E-state index in [1.807, 2.05) is 32.0 Å². The highest BCUT2D eigenvalue weighted by atomic mass is 35.5. The summed E-state index contributed by atoms with van der Waals surface area (Å²) in [4.78, 5) is 0. The lowest BCUT2D eigenvalue weighted by atomic mass is 9.77. The van der Waals surface area contributed by atoms with Gasteiger partial charge in [0, 0.05) is 5.92 Å². The Kier molecular flexibility index (Phi) is 4.43. The van der Waals surface area contributed by atoms with Crippen LogP contribution in [0.3, 0.4) is 0 Å². The van der Waals surface area contributed by atoms with Crippen LogP contribution in [-0.2, 0) is 0 Å². The fraction of sp³-hybridized carbons (Fsp3) is 0.333. The third-order valence-corrected chi connectivity index (χ3v) is 5.87. The molecule has 25 heavy (non-hydrogen) atoms. The van der Waals surface area contributed by atoms with Crippen molar-refractivity contribution in [2.45, 2.75) is 38.3 Å². The molecule has 2 aromatic carbocycles. The third kappa shape index (κ3) is 2.92. The average Bonchev–Trinajstić information content (AvgIpc) is 3.07. The van der Waals surface area contributed by atoms with E-state index in [4.69, 9.17) is 27.9 Å². The first-order chi connectivity index (χ1) is 12.1. The van der Waals surface area contributed by atoms with E-state index in [-0.39, 0.29) is 12.1 Å². The van der Waals surface area contributed by atoms with Crippen molar-refractivity contribution < 1.29 is 4.74 Å². The van der Waals surface area contributed by atoms with Crippen molar-refractivity contribution in [3.8, 4) is 5.75 Å². The molecule has 0 saturated heterocycles. The summed E-state index contributed by atoms with van der Waals surface area (Å²) in [6.07, 6.45) is 5.74. The summed E-state index contributed by atoms with van der Waals surface area (Å²) >= 11 is 12.8. The molecule has 130 valence electrons. The molecule has 4 heteroatoms. The summed E-state index contributed by atoms with van der Waals surface area (Å²) < 4.78 is 6.05. The van der Waals surface area contributed by atoms with E-state index in [2.05, 4.69) is 35.7 Å². The van der Waals surface area contributed by atoms with E-state index in [0.29, 0.717) is 21.9 Å². The minimum absolute atomic E-state index is 0.107. The van der Waals surface area contributed by atoms with E-state index < -0.39 is 0 Å². The van der Waals surface area contributed by atoms with Crippen molar-refractivity contribution in [2.24, 2.45) is 5.92 Å². The van der Waals surface area contributed by atoms with Gasteiger partial charge >= 0.3 is 0 Å². The molecule has 1 aliphatic carbocycles. The van der Waals surface area contributed by atoms with Crippen LogP contribution in [0, 0.1) is 5.92 Å². The van der Waals surface area contributed by atoms with E-state index >= 15 is 0 Å². The second-order valence-electron chi connectivity index (χ2n) is 7.01. The van der Waals surface area contributed by atoms with E-state index in [1.165, 1.54) is 5.56 Å². The molecule has 0 spiro atoms. The molecule has 2 aliphatic rings. The Bertz CT molecular complexity index is 831. The van der Waals surface area contributed by atoms with Gasteiger partial charge in [-0.05, 0) is 49.4 Å². The number of halogens is 2. The van der Waals surface area contributed by atoms with Gasteiger partial charge in [-0.1, -0.05) is 59.6 Å². The third-order valence-electron chi connectivity index (χ3n) is 5.04. The standard InChI is InChI=1S/C21H21Cl2NO/c1-12(2)25-18-11-5-8-15-13-6-3-7-14(13)20(24-21(15)18)16-9-4-10-17(22)19(16)23/h3-6,8-14,20,24H,7H2,1-2H3. The molecule has 2 aromatic rings. The summed E-state index contributed by atoms with van der Waals surface area (Å²) in [7, 11) is 0. The second kappa shape index (κ2) is 6.59. The first-order valence-corrected chi connectivity index (χ1v) is 9.48. The van der Waals surface area contributed by atoms with Crippen molar-refractivity contribution in [3.05, 3.63) is 69.7 Å². The highest BCUT2D eigenvalue weighted by molar-refractivity contribution is 6.42. The number of hydrogen-bond donors (Lipinski definition) is 1. The molecule has 2 nitrogen and oxygen atoms in total. The van der Waals surface area contributed by atoms with Gasteiger partial charge in [0.05, 0.1) is 27.9 Å². The average molecular weight is 374 g/mol. The van der Waals surface area contributed by atoms with Crippen LogP contribution in [0.15, 0.2) is 48.6 Å². The maximum atomic E-state index is 6.54. The van der Waals surface area contributed by atoms with Crippen LogP contribution >= 0.6 is 23.2 Å². The Morgan fingerprint density at radius 2 is 1.84 bits per heavy atom. The van der Waals surface area contributed by atoms with Crippen molar-refractivity contribution in [1.82, 2.24) is 0 Å². The minimum Gasteiger partial charge on any atom is -0.489 e. The van der Waals surface area contributed by atoms with E-state index in [0.717, 1.165) is 23.4 Å². The summed E-state index contributed by atoms with van der Waals surface area (Å²) in [5.41, 5.74) is 3.43. The van der Waals surface area contributed by atoms with Crippen LogP contribution < -0.4 is 10.1 Å². The number of rotatable bonds is 3. The largest absolute Gasteiger partial charge is 0.489 e. The van der Waals surface area contributed by atoms with Gasteiger partial charge in [-0.15, -0.1) is 0 Å². The van der Waals surface area contributed by atoms with Crippen LogP contribution in [0.4, 0.5) is 5.69 Å². The topological polar surface area (TPSA) is 21.3 Å². The maximum Gasteiger partial charge on any atom is 0.143 e. The Morgan fingerprint density at radius 3 is 2.64 bits per heavy atom. The highest BCUT2D eigenvalue weighted by Crippen LogP contribution is 2.53. The van der Waals surface area contributed by atoms with Crippen LogP contribution in [0.5, 0.6) is 5.75 Å². The Labute approximate surface area is 158 Å². The van der Waals surface area contributed by atoms with Crippen LogP contribution in [0.1, 0.15) is 43.4 Å². The zero-order valence-electron chi connectivity index (χ0n) is 14.3. The van der Waals surface area contributed by atoms with Gasteiger partial charge in [0.25, 0.3) is 0 Å². The molecule has 0 aromatic heterocycles. The number of fused-ring (bicyclic) bond motifs is 3. The summed E-state index contributed by atoms with van der Waals surface area (Å²) in [6, 6.07) is 12.3. The number of allylic oxidation sites excluding steroid dienone is 2. The lowest BCUT2D eigenvalue weighted by Crippen LogP contribution is -2.30. The van der Waals surface area contributed by atoms with Gasteiger partial charge in [-0.3, -0.25) is 0 Å². The van der Waals surface area contributed by atoms with Crippen molar-refractivity contribution in [3.63, 3.8) is 0 Å². The van der Waals surface area contributed by atoms with Gasteiger partial charge in [0.2, 0.25) is 0 Å². The monoisotopic (exact) mass is 373 g/mol. The smallest absolute Gasteiger partial charge is 0.143 e. The number of nitrogens with one attached hydrogen (secondary N) is 1. The molecule has 1 heterocycles. The summed E-state index contributed by atoms with van der Waals surface area (Å²) in [5, 5.41) is 4.95. The molecule has 0 amide bonds. The molecule has 3 atom stereocenters. The Balaban J connectivity index is 1.82. The summed E-state index contributed by atoms with van der Waals surface area (Å²) in [6.45, 7) is 4.09. The number of hydrogen-bond acceptors (Lipinski definition) is 2. The second-order valence-corrected chi connectivity index (χ2v) is 7.79. The lowest BCUT2D eigenvalue weighted by molar-refractivity contribution is 0.242. The van der Waals surface area contributed by atoms with Gasteiger partial charge < -0.3 is 10.1 Å². The SMILES string of the molecule is CC(C)Oc1cccc2c1NC(c1cccc(Cl)c1Cl)C1CC=CC21. The number of benzene rings is 2. The maximum absolute atomic E-state index is 6.54. The highest BCUT2D eigenvalue weighted by Gasteiger charge is 2.39. The molecule has 0 radical (unpaired) electrons. The van der Waals surface area contributed by atoms with Crippen LogP contribution in [0.25, 0.3) is 0 Å². The quantitative estimate of drug-likeness (QED) is 0.611. The molecule has 3 unspecified atom stereocenters. The molecule has 4 rings (SSSR count). The first kappa shape index (κ1) is 16.8. The normalized spacial score (nSPS) is 24.0. The van der Waals surface area contributed by atoms with Crippen molar-refractivity contribution >= 4 is 28.9 Å². The van der Waals surface area contributed by atoms with Crippen LogP contribution in [0.2, 0.25) is 10.0 Å². The molecule has 0 saturated carbocycles. The molecular formula is C21H21Cl2NO. The molecule has 0 fully saturated rings. The Hall–Kier alpha value is -1.64. The van der Waals surface area contributed by atoms with Gasteiger partial charge in [-0.25, -0.2) is 0 Å².